The topological polar surface area (TPSA) is 75.0 Å². The van der Waals surface area contributed by atoms with Crippen LogP contribution in [0.4, 0.5) is 17.2 Å². The lowest BCUT2D eigenvalue weighted by molar-refractivity contribution is 0.477. The van der Waals surface area contributed by atoms with Crippen LogP contribution >= 0.6 is 0 Å². The summed E-state index contributed by atoms with van der Waals surface area (Å²) in [5.74, 6) is 2.38. The Kier molecular flexibility index (Phi) is 6.73. The van der Waals surface area contributed by atoms with Gasteiger partial charge in [-0.05, 0) is 61.4 Å². The molecule has 0 unspecified atom stereocenters. The fourth-order valence-electron chi connectivity index (χ4n) is 4.81. The number of hydrogen-bond donors (Lipinski definition) is 1. The molecule has 0 amide bonds. The third-order valence-corrected chi connectivity index (χ3v) is 6.72. The highest BCUT2D eigenvalue weighted by molar-refractivity contribution is 5.81. The first-order valence-electron chi connectivity index (χ1n) is 13.1. The Morgan fingerprint density at radius 2 is 1.20 bits per heavy atom. The minimum Gasteiger partial charge on any atom is -0.507 e. The van der Waals surface area contributed by atoms with Crippen molar-refractivity contribution in [3.05, 3.63) is 133 Å². The van der Waals surface area contributed by atoms with Gasteiger partial charge in [0.2, 0.25) is 0 Å². The Morgan fingerprint density at radius 1 is 0.575 bits per heavy atom. The predicted molar refractivity (Wildman–Crippen MR) is 160 cm³/mol. The highest BCUT2D eigenvalue weighted by Crippen LogP contribution is 2.39. The van der Waals surface area contributed by atoms with Crippen LogP contribution in [0.2, 0.25) is 0 Å². The summed E-state index contributed by atoms with van der Waals surface area (Å²) in [6.45, 7) is 4.22. The van der Waals surface area contributed by atoms with E-state index < -0.39 is 0 Å². The van der Waals surface area contributed by atoms with Crippen LogP contribution in [0.1, 0.15) is 11.1 Å². The summed E-state index contributed by atoms with van der Waals surface area (Å²) in [6.07, 6.45) is 1.80. The molecule has 0 bridgehead atoms. The van der Waals surface area contributed by atoms with Crippen molar-refractivity contribution in [2.24, 2.45) is 0 Å². The van der Waals surface area contributed by atoms with E-state index in [0.29, 0.717) is 23.0 Å². The summed E-state index contributed by atoms with van der Waals surface area (Å²) in [4.78, 5) is 21.3. The Bertz CT molecular complexity index is 1770. The molecule has 1 N–H and O–H groups in total. The molecule has 6 aromatic rings. The standard InChI is InChI=1S/C34H27N5O/c1-23-12-10-13-24(2)31(23)39(30-20-8-9-21-35-30)27-17-11-16-26(22-27)33-36-32(25-14-4-3-5-15-25)37-34(38-33)28-18-6-7-19-29(28)40/h3-22,40H,1-2H3. The SMILES string of the molecule is Cc1cccc(C)c1N(c1cccc(-c2nc(-c3ccccc3)nc(-c3ccccc3O)n2)c1)c1ccccn1. The third kappa shape index (κ3) is 4.90. The van der Waals surface area contributed by atoms with E-state index in [1.807, 2.05) is 72.8 Å². The summed E-state index contributed by atoms with van der Waals surface area (Å²) in [7, 11) is 0. The van der Waals surface area contributed by atoms with Crippen LogP contribution in [0, 0.1) is 13.8 Å². The van der Waals surface area contributed by atoms with Gasteiger partial charge in [-0.25, -0.2) is 19.9 Å². The van der Waals surface area contributed by atoms with Gasteiger partial charge in [-0.1, -0.05) is 78.9 Å². The van der Waals surface area contributed by atoms with E-state index >= 15 is 0 Å². The average Bonchev–Trinajstić information content (AvgIpc) is 3.00. The molecule has 0 aliphatic carbocycles. The number of nitrogens with zero attached hydrogens (tertiary/aromatic N) is 5. The quantitative estimate of drug-likeness (QED) is 0.239. The van der Waals surface area contributed by atoms with Gasteiger partial charge >= 0.3 is 0 Å². The highest BCUT2D eigenvalue weighted by atomic mass is 16.3. The Labute approximate surface area is 233 Å². The largest absolute Gasteiger partial charge is 0.507 e. The monoisotopic (exact) mass is 521 g/mol. The molecule has 0 saturated heterocycles. The zero-order valence-corrected chi connectivity index (χ0v) is 22.2. The Morgan fingerprint density at radius 3 is 1.93 bits per heavy atom. The lowest BCUT2D eigenvalue weighted by Gasteiger charge is -2.27. The van der Waals surface area contributed by atoms with Gasteiger partial charge in [0.05, 0.1) is 11.3 Å². The summed E-state index contributed by atoms with van der Waals surface area (Å²) in [5.41, 5.74) is 6.53. The molecule has 0 saturated carbocycles. The molecule has 2 heterocycles. The van der Waals surface area contributed by atoms with Crippen molar-refractivity contribution in [1.82, 2.24) is 19.9 Å². The first kappa shape index (κ1) is 24.9. The van der Waals surface area contributed by atoms with E-state index in [0.717, 1.165) is 39.4 Å². The van der Waals surface area contributed by atoms with Gasteiger partial charge in [0, 0.05) is 23.0 Å². The van der Waals surface area contributed by atoms with Crippen molar-refractivity contribution in [1.29, 1.82) is 0 Å². The number of para-hydroxylation sites is 2. The van der Waals surface area contributed by atoms with Crippen molar-refractivity contribution in [2.75, 3.05) is 4.90 Å². The molecule has 0 spiro atoms. The van der Waals surface area contributed by atoms with Crippen LogP contribution < -0.4 is 4.90 Å². The number of aromatic nitrogens is 4. The minimum atomic E-state index is 0.115. The number of anilines is 3. The number of benzene rings is 4. The molecule has 6 heteroatoms. The molecule has 0 fully saturated rings. The van der Waals surface area contributed by atoms with Crippen LogP contribution in [-0.4, -0.2) is 25.0 Å². The molecular formula is C34H27N5O. The molecule has 4 aromatic carbocycles. The Balaban J connectivity index is 1.54. The van der Waals surface area contributed by atoms with Crippen LogP contribution in [0.3, 0.4) is 0 Å². The molecule has 0 aliphatic rings. The van der Waals surface area contributed by atoms with E-state index in [1.54, 1.807) is 18.3 Å². The zero-order valence-electron chi connectivity index (χ0n) is 22.2. The van der Waals surface area contributed by atoms with Gasteiger partial charge in [0.1, 0.15) is 11.6 Å². The van der Waals surface area contributed by atoms with Gasteiger partial charge < -0.3 is 5.11 Å². The van der Waals surface area contributed by atoms with Crippen molar-refractivity contribution >= 4 is 17.2 Å². The van der Waals surface area contributed by atoms with Gasteiger partial charge in [-0.2, -0.15) is 0 Å². The van der Waals surface area contributed by atoms with Crippen LogP contribution in [0.25, 0.3) is 34.2 Å². The van der Waals surface area contributed by atoms with Crippen molar-refractivity contribution in [3.63, 3.8) is 0 Å². The maximum atomic E-state index is 10.6. The van der Waals surface area contributed by atoms with Gasteiger partial charge in [-0.15, -0.1) is 0 Å². The lowest BCUT2D eigenvalue weighted by Crippen LogP contribution is -2.14. The summed E-state index contributed by atoms with van der Waals surface area (Å²) in [6, 6.07) is 37.2. The second kappa shape index (κ2) is 10.8. The first-order valence-corrected chi connectivity index (χ1v) is 13.1. The first-order chi connectivity index (χ1) is 19.6. The summed E-state index contributed by atoms with van der Waals surface area (Å²) >= 11 is 0. The number of pyridine rings is 1. The number of aryl methyl sites for hydroxylation is 2. The number of phenols is 1. The molecule has 0 atom stereocenters. The smallest absolute Gasteiger partial charge is 0.167 e. The van der Waals surface area contributed by atoms with E-state index in [9.17, 15) is 5.11 Å². The minimum absolute atomic E-state index is 0.115. The van der Waals surface area contributed by atoms with Gasteiger partial charge in [0.15, 0.2) is 17.5 Å². The maximum Gasteiger partial charge on any atom is 0.167 e. The molecule has 0 aliphatic heterocycles. The number of aromatic hydroxyl groups is 1. The summed E-state index contributed by atoms with van der Waals surface area (Å²) in [5, 5.41) is 10.6. The predicted octanol–water partition coefficient (Wildman–Crippen LogP) is 8.06. The Hall–Kier alpha value is -5.36. The van der Waals surface area contributed by atoms with Crippen molar-refractivity contribution < 1.29 is 5.11 Å². The lowest BCUT2D eigenvalue weighted by atomic mass is 10.1. The van der Waals surface area contributed by atoms with Gasteiger partial charge in [0.25, 0.3) is 0 Å². The molecule has 40 heavy (non-hydrogen) atoms. The highest BCUT2D eigenvalue weighted by Gasteiger charge is 2.20. The average molecular weight is 522 g/mol. The fraction of sp³-hybridized carbons (Fsp3) is 0.0588. The molecule has 194 valence electrons. The van der Waals surface area contributed by atoms with E-state index in [-0.39, 0.29) is 5.75 Å². The van der Waals surface area contributed by atoms with Crippen LogP contribution in [-0.2, 0) is 0 Å². The van der Waals surface area contributed by atoms with Crippen LogP contribution in [0.15, 0.2) is 121 Å². The van der Waals surface area contributed by atoms with E-state index in [4.69, 9.17) is 19.9 Å². The van der Waals surface area contributed by atoms with Gasteiger partial charge in [-0.3, -0.25) is 4.90 Å². The molecule has 6 rings (SSSR count). The van der Waals surface area contributed by atoms with Crippen LogP contribution in [0.5, 0.6) is 5.75 Å². The van der Waals surface area contributed by atoms with Crippen molar-refractivity contribution in [2.45, 2.75) is 13.8 Å². The summed E-state index contributed by atoms with van der Waals surface area (Å²) < 4.78 is 0. The normalized spacial score (nSPS) is 10.8. The second-order valence-corrected chi connectivity index (χ2v) is 9.50. The fourth-order valence-corrected chi connectivity index (χ4v) is 4.81. The second-order valence-electron chi connectivity index (χ2n) is 9.50. The molecule has 6 nitrogen and oxygen atoms in total. The maximum absolute atomic E-state index is 10.6. The van der Waals surface area contributed by atoms with Crippen molar-refractivity contribution in [3.8, 4) is 39.9 Å². The third-order valence-electron chi connectivity index (χ3n) is 6.72. The van der Waals surface area contributed by atoms with E-state index in [2.05, 4.69) is 49.1 Å². The van der Waals surface area contributed by atoms with E-state index in [1.165, 1.54) is 0 Å². The number of phenolic OH excluding ortho intramolecular Hbond substituents is 1. The number of hydrogen-bond acceptors (Lipinski definition) is 6. The zero-order chi connectivity index (χ0) is 27.5. The molecule has 0 radical (unpaired) electrons. The molecule has 2 aromatic heterocycles. The number of rotatable bonds is 6. The molecular weight excluding hydrogens is 494 g/mol.